The number of aromatic nitrogens is 4. The Kier molecular flexibility index (Phi) is 4.95. The highest BCUT2D eigenvalue weighted by atomic mass is 16.5. The van der Waals surface area contributed by atoms with Gasteiger partial charge in [0.05, 0.1) is 26.8 Å². The van der Waals surface area contributed by atoms with E-state index in [0.29, 0.717) is 36.4 Å². The SMILES string of the molecule is COc1ccc(C(=O)N2CCn3nc(C4CC4)nc3[C@@H]2CC(C)C)c(OC)n1. The van der Waals surface area contributed by atoms with Crippen LogP contribution >= 0.6 is 0 Å². The van der Waals surface area contributed by atoms with Crippen molar-refractivity contribution in [2.45, 2.75) is 51.6 Å². The Hall–Kier alpha value is -2.64. The van der Waals surface area contributed by atoms with Gasteiger partial charge in [0.25, 0.3) is 5.91 Å². The maximum Gasteiger partial charge on any atom is 0.260 e. The highest BCUT2D eigenvalue weighted by Crippen LogP contribution is 2.40. The summed E-state index contributed by atoms with van der Waals surface area (Å²) in [5.74, 6) is 3.34. The van der Waals surface area contributed by atoms with E-state index in [-0.39, 0.29) is 17.8 Å². The lowest BCUT2D eigenvalue weighted by Gasteiger charge is -2.36. The summed E-state index contributed by atoms with van der Waals surface area (Å²) in [4.78, 5) is 24.4. The first kappa shape index (κ1) is 18.7. The van der Waals surface area contributed by atoms with Crippen molar-refractivity contribution < 1.29 is 14.3 Å². The van der Waals surface area contributed by atoms with Crippen LogP contribution in [0.15, 0.2) is 12.1 Å². The highest BCUT2D eigenvalue weighted by molar-refractivity contribution is 5.96. The van der Waals surface area contributed by atoms with Crippen molar-refractivity contribution in [2.75, 3.05) is 20.8 Å². The first-order valence-corrected chi connectivity index (χ1v) is 9.86. The third-order valence-corrected chi connectivity index (χ3v) is 5.31. The second-order valence-corrected chi connectivity index (χ2v) is 7.88. The molecule has 1 saturated carbocycles. The van der Waals surface area contributed by atoms with Crippen LogP contribution in [0.2, 0.25) is 0 Å². The molecule has 0 saturated heterocycles. The Balaban J connectivity index is 1.68. The lowest BCUT2D eigenvalue weighted by atomic mass is 9.99. The summed E-state index contributed by atoms with van der Waals surface area (Å²) in [7, 11) is 3.05. The van der Waals surface area contributed by atoms with Gasteiger partial charge in [-0.3, -0.25) is 4.79 Å². The molecule has 8 nitrogen and oxygen atoms in total. The number of hydrogen-bond donors (Lipinski definition) is 0. The zero-order valence-electron chi connectivity index (χ0n) is 16.9. The molecule has 0 spiro atoms. The molecule has 1 amide bonds. The van der Waals surface area contributed by atoms with Gasteiger partial charge in [0, 0.05) is 18.5 Å². The van der Waals surface area contributed by atoms with Gasteiger partial charge in [0.15, 0.2) is 5.82 Å². The summed E-state index contributed by atoms with van der Waals surface area (Å²) in [6, 6.07) is 3.30. The monoisotopic (exact) mass is 385 g/mol. The average Bonchev–Trinajstić information content (AvgIpc) is 3.45. The number of methoxy groups -OCH3 is 2. The topological polar surface area (TPSA) is 82.4 Å². The van der Waals surface area contributed by atoms with Crippen molar-refractivity contribution in [2.24, 2.45) is 5.92 Å². The van der Waals surface area contributed by atoms with Crippen LogP contribution in [0.3, 0.4) is 0 Å². The lowest BCUT2D eigenvalue weighted by Crippen LogP contribution is -2.43. The maximum atomic E-state index is 13.4. The third kappa shape index (κ3) is 3.43. The normalized spacial score (nSPS) is 18.9. The maximum absolute atomic E-state index is 13.4. The van der Waals surface area contributed by atoms with Crippen molar-refractivity contribution >= 4 is 5.91 Å². The standard InChI is InChI=1S/C20H27N5O3/c1-12(2)11-15-18-22-17(13-5-6-13)23-25(18)10-9-24(15)20(26)14-7-8-16(27-3)21-19(14)28-4/h7-8,12-13,15H,5-6,9-11H2,1-4H3/t15-/m0/s1. The molecule has 0 radical (unpaired) electrons. The molecule has 1 fully saturated rings. The largest absolute Gasteiger partial charge is 0.481 e. The highest BCUT2D eigenvalue weighted by Gasteiger charge is 2.38. The number of rotatable bonds is 6. The second kappa shape index (κ2) is 7.41. The van der Waals surface area contributed by atoms with Gasteiger partial charge >= 0.3 is 0 Å². The van der Waals surface area contributed by atoms with Crippen LogP contribution in [0.25, 0.3) is 0 Å². The molecule has 28 heavy (non-hydrogen) atoms. The number of amides is 1. The van der Waals surface area contributed by atoms with Crippen LogP contribution in [0.4, 0.5) is 0 Å². The van der Waals surface area contributed by atoms with Gasteiger partial charge in [0.2, 0.25) is 11.8 Å². The first-order chi connectivity index (χ1) is 13.5. The predicted molar refractivity (Wildman–Crippen MR) is 103 cm³/mol. The second-order valence-electron chi connectivity index (χ2n) is 7.88. The molecule has 1 aliphatic heterocycles. The smallest absolute Gasteiger partial charge is 0.260 e. The van der Waals surface area contributed by atoms with E-state index < -0.39 is 0 Å². The molecule has 8 heteroatoms. The summed E-state index contributed by atoms with van der Waals surface area (Å²) in [6.45, 7) is 5.57. The molecule has 4 rings (SSSR count). The third-order valence-electron chi connectivity index (χ3n) is 5.31. The Morgan fingerprint density at radius 2 is 1.96 bits per heavy atom. The quantitative estimate of drug-likeness (QED) is 0.760. The fraction of sp³-hybridized carbons (Fsp3) is 0.600. The van der Waals surface area contributed by atoms with Gasteiger partial charge in [-0.15, -0.1) is 0 Å². The summed E-state index contributed by atoms with van der Waals surface area (Å²) in [5, 5.41) is 4.71. The van der Waals surface area contributed by atoms with E-state index in [0.717, 1.165) is 30.9 Å². The van der Waals surface area contributed by atoms with Crippen LogP contribution in [0.5, 0.6) is 11.8 Å². The molecule has 0 N–H and O–H groups in total. The molecular weight excluding hydrogens is 358 g/mol. The molecule has 2 aromatic rings. The van der Waals surface area contributed by atoms with Crippen LogP contribution in [-0.4, -0.2) is 51.3 Å². The molecule has 2 aliphatic rings. The molecule has 0 bridgehead atoms. The van der Waals surface area contributed by atoms with Gasteiger partial charge < -0.3 is 14.4 Å². The van der Waals surface area contributed by atoms with Crippen molar-refractivity contribution in [1.82, 2.24) is 24.6 Å². The molecule has 1 atom stereocenters. The zero-order chi connectivity index (χ0) is 19.8. The van der Waals surface area contributed by atoms with Gasteiger partial charge in [0.1, 0.15) is 11.4 Å². The van der Waals surface area contributed by atoms with Crippen LogP contribution in [-0.2, 0) is 6.54 Å². The van der Waals surface area contributed by atoms with Gasteiger partial charge in [-0.25, -0.2) is 9.67 Å². The fourth-order valence-corrected chi connectivity index (χ4v) is 3.73. The molecule has 1 aliphatic carbocycles. The van der Waals surface area contributed by atoms with Gasteiger partial charge in [-0.05, 0) is 31.2 Å². The van der Waals surface area contributed by atoms with Crippen molar-refractivity contribution in [1.29, 1.82) is 0 Å². The van der Waals surface area contributed by atoms with Gasteiger partial charge in [-0.1, -0.05) is 13.8 Å². The summed E-state index contributed by atoms with van der Waals surface area (Å²) >= 11 is 0. The first-order valence-electron chi connectivity index (χ1n) is 9.86. The number of hydrogen-bond acceptors (Lipinski definition) is 6. The lowest BCUT2D eigenvalue weighted by molar-refractivity contribution is 0.0574. The van der Waals surface area contributed by atoms with E-state index in [4.69, 9.17) is 19.6 Å². The molecule has 2 aromatic heterocycles. The van der Waals surface area contributed by atoms with E-state index >= 15 is 0 Å². The summed E-state index contributed by atoms with van der Waals surface area (Å²) in [6.07, 6.45) is 3.16. The van der Waals surface area contributed by atoms with Crippen molar-refractivity contribution in [3.05, 3.63) is 29.3 Å². The van der Waals surface area contributed by atoms with E-state index in [1.54, 1.807) is 12.1 Å². The van der Waals surface area contributed by atoms with E-state index in [1.807, 2.05) is 9.58 Å². The van der Waals surface area contributed by atoms with Crippen molar-refractivity contribution in [3.63, 3.8) is 0 Å². The number of ether oxygens (including phenoxy) is 2. The minimum atomic E-state index is -0.104. The average molecular weight is 385 g/mol. The van der Waals surface area contributed by atoms with Crippen LogP contribution < -0.4 is 9.47 Å². The fourth-order valence-electron chi connectivity index (χ4n) is 3.73. The van der Waals surface area contributed by atoms with Crippen LogP contribution in [0.1, 0.15) is 67.1 Å². The number of carbonyl (C=O) groups is 1. The number of fused-ring (bicyclic) bond motifs is 1. The molecule has 150 valence electrons. The van der Waals surface area contributed by atoms with E-state index in [2.05, 4.69) is 18.8 Å². The Morgan fingerprint density at radius 3 is 2.61 bits per heavy atom. The predicted octanol–water partition coefficient (Wildman–Crippen LogP) is 2.81. The molecule has 0 aromatic carbocycles. The zero-order valence-corrected chi connectivity index (χ0v) is 16.9. The van der Waals surface area contributed by atoms with E-state index in [9.17, 15) is 4.79 Å². The molecule has 3 heterocycles. The molecular formula is C20H27N5O3. The van der Waals surface area contributed by atoms with Crippen molar-refractivity contribution in [3.8, 4) is 11.8 Å². The summed E-state index contributed by atoms with van der Waals surface area (Å²) in [5.41, 5.74) is 0.437. The number of pyridine rings is 1. The Bertz CT molecular complexity index is 875. The minimum Gasteiger partial charge on any atom is -0.481 e. The van der Waals surface area contributed by atoms with Crippen LogP contribution in [0, 0.1) is 5.92 Å². The number of carbonyl (C=O) groups excluding carboxylic acids is 1. The molecule has 0 unspecified atom stereocenters. The Labute approximate surface area is 164 Å². The van der Waals surface area contributed by atoms with E-state index in [1.165, 1.54) is 14.2 Å². The summed E-state index contributed by atoms with van der Waals surface area (Å²) < 4.78 is 12.5. The minimum absolute atomic E-state index is 0.0973. The van der Waals surface area contributed by atoms with Gasteiger partial charge in [-0.2, -0.15) is 10.1 Å². The number of nitrogens with zero attached hydrogens (tertiary/aromatic N) is 5. The Morgan fingerprint density at radius 1 is 1.18 bits per heavy atom.